The molecule has 170 valence electrons. The van der Waals surface area contributed by atoms with E-state index >= 15 is 0 Å². The second kappa shape index (κ2) is 10.6. The number of rotatable bonds is 8. The molecule has 3 aromatic rings. The molecule has 0 spiro atoms. The van der Waals surface area contributed by atoms with Crippen LogP contribution in [-0.4, -0.2) is 42.4 Å². The summed E-state index contributed by atoms with van der Waals surface area (Å²) in [7, 11) is 0. The van der Waals surface area contributed by atoms with Gasteiger partial charge in [0, 0.05) is 34.1 Å². The zero-order chi connectivity index (χ0) is 22.5. The van der Waals surface area contributed by atoms with Gasteiger partial charge in [0.25, 0.3) is 5.91 Å². The van der Waals surface area contributed by atoms with Gasteiger partial charge < -0.3 is 24.9 Å². The van der Waals surface area contributed by atoms with E-state index in [1.165, 1.54) is 0 Å². The highest BCUT2D eigenvalue weighted by Crippen LogP contribution is 2.24. The summed E-state index contributed by atoms with van der Waals surface area (Å²) < 4.78 is 11.2. The molecule has 0 radical (unpaired) electrons. The molecule has 32 heavy (non-hydrogen) atoms. The molecule has 4 rings (SSSR count). The number of benzene rings is 2. The number of carbonyl (C=O) groups is 1. The molecule has 3 N–H and O–H groups in total. The summed E-state index contributed by atoms with van der Waals surface area (Å²) in [5.41, 5.74) is 0.644. The van der Waals surface area contributed by atoms with Crippen LogP contribution < -0.4 is 15.4 Å². The van der Waals surface area contributed by atoms with Gasteiger partial charge in [-0.25, -0.2) is 0 Å². The number of fused-ring (bicyclic) bond motifs is 1. The first-order valence-electron chi connectivity index (χ1n) is 10.8. The Morgan fingerprint density at radius 1 is 1.03 bits per heavy atom. The van der Waals surface area contributed by atoms with Gasteiger partial charge in [0.1, 0.15) is 24.0 Å². The van der Waals surface area contributed by atoms with Gasteiger partial charge >= 0.3 is 0 Å². The van der Waals surface area contributed by atoms with Crippen LogP contribution in [0.1, 0.15) is 36.2 Å². The van der Waals surface area contributed by atoms with Crippen molar-refractivity contribution in [1.82, 2.24) is 10.6 Å². The summed E-state index contributed by atoms with van der Waals surface area (Å²) in [6.45, 7) is 0.666. The molecule has 0 aliphatic heterocycles. The first-order chi connectivity index (χ1) is 15.5. The van der Waals surface area contributed by atoms with Gasteiger partial charge in [-0.15, -0.1) is 0 Å². The van der Waals surface area contributed by atoms with Crippen molar-refractivity contribution in [3.8, 4) is 5.75 Å². The van der Waals surface area contributed by atoms with Gasteiger partial charge in [0.2, 0.25) is 0 Å². The molecule has 1 fully saturated rings. The Balaban J connectivity index is 1.16. The van der Waals surface area contributed by atoms with Gasteiger partial charge in [-0.3, -0.25) is 4.79 Å². The Morgan fingerprint density at radius 3 is 2.47 bits per heavy atom. The Hall–Kier alpha value is -2.25. The highest BCUT2D eigenvalue weighted by molar-refractivity contribution is 6.31. The lowest BCUT2D eigenvalue weighted by atomic mass is 9.91. The molecule has 1 amide bonds. The van der Waals surface area contributed by atoms with Crippen LogP contribution in [0.5, 0.6) is 5.75 Å². The molecule has 6 nitrogen and oxygen atoms in total. The number of ether oxygens (including phenoxy) is 1. The summed E-state index contributed by atoms with van der Waals surface area (Å²) in [4.78, 5) is 12.6. The first kappa shape index (κ1) is 22.9. The Kier molecular flexibility index (Phi) is 7.58. The van der Waals surface area contributed by atoms with Crippen molar-refractivity contribution < 1.29 is 19.1 Å². The van der Waals surface area contributed by atoms with Crippen molar-refractivity contribution in [2.24, 2.45) is 0 Å². The van der Waals surface area contributed by atoms with E-state index in [1.807, 2.05) is 0 Å². The third-order valence-corrected chi connectivity index (χ3v) is 6.15. The van der Waals surface area contributed by atoms with Gasteiger partial charge in [-0.1, -0.05) is 23.2 Å². The molecule has 2 aromatic carbocycles. The molecule has 1 heterocycles. The third-order valence-electron chi connectivity index (χ3n) is 5.66. The second-order valence-electron chi connectivity index (χ2n) is 8.14. The van der Waals surface area contributed by atoms with Crippen LogP contribution in [0.3, 0.4) is 0 Å². The highest BCUT2D eigenvalue weighted by Gasteiger charge is 2.24. The maximum absolute atomic E-state index is 12.6. The number of carbonyl (C=O) groups excluding carboxylic acids is 1. The summed E-state index contributed by atoms with van der Waals surface area (Å²) in [6, 6.07) is 14.5. The van der Waals surface area contributed by atoms with Crippen LogP contribution >= 0.6 is 23.2 Å². The number of aliphatic hydroxyl groups excluding tert-OH is 1. The van der Waals surface area contributed by atoms with Crippen molar-refractivity contribution in [2.45, 2.75) is 43.9 Å². The minimum absolute atomic E-state index is 0.107. The van der Waals surface area contributed by atoms with E-state index in [9.17, 15) is 9.90 Å². The number of aliphatic hydroxyl groups is 1. The monoisotopic (exact) mass is 476 g/mol. The predicted molar refractivity (Wildman–Crippen MR) is 126 cm³/mol. The fraction of sp³-hybridized carbons (Fsp3) is 0.375. The van der Waals surface area contributed by atoms with E-state index < -0.39 is 6.10 Å². The fourth-order valence-electron chi connectivity index (χ4n) is 3.91. The van der Waals surface area contributed by atoms with Crippen LogP contribution in [0, 0.1) is 0 Å². The van der Waals surface area contributed by atoms with Crippen LogP contribution in [0.2, 0.25) is 10.0 Å². The smallest absolute Gasteiger partial charge is 0.287 e. The van der Waals surface area contributed by atoms with Crippen molar-refractivity contribution in [3.63, 3.8) is 0 Å². The lowest BCUT2D eigenvalue weighted by Crippen LogP contribution is -2.44. The number of halogens is 2. The van der Waals surface area contributed by atoms with E-state index in [0.717, 1.165) is 31.1 Å². The van der Waals surface area contributed by atoms with E-state index in [0.29, 0.717) is 39.7 Å². The Labute approximate surface area is 196 Å². The highest BCUT2D eigenvalue weighted by atomic mass is 35.5. The summed E-state index contributed by atoms with van der Waals surface area (Å²) in [5, 5.41) is 18.7. The van der Waals surface area contributed by atoms with Crippen molar-refractivity contribution in [1.29, 1.82) is 0 Å². The maximum Gasteiger partial charge on any atom is 0.287 e. The molecular formula is C24H26Cl2N2O4. The fourth-order valence-corrected chi connectivity index (χ4v) is 4.22. The molecule has 1 atom stereocenters. The maximum atomic E-state index is 12.6. The molecule has 0 unspecified atom stereocenters. The van der Waals surface area contributed by atoms with Crippen molar-refractivity contribution >= 4 is 40.1 Å². The van der Waals surface area contributed by atoms with E-state index in [4.69, 9.17) is 32.4 Å². The van der Waals surface area contributed by atoms with Crippen molar-refractivity contribution in [3.05, 3.63) is 64.3 Å². The SMILES string of the molecule is O=C(NC1CCC(NC[C@@H](O)COc2ccc(Cl)cc2)CC1)c1cc2cc(Cl)ccc2o1. The summed E-state index contributed by atoms with van der Waals surface area (Å²) in [6.07, 6.45) is 2.97. The number of hydrogen-bond acceptors (Lipinski definition) is 5. The number of amides is 1. The van der Waals surface area contributed by atoms with Crippen LogP contribution in [0.15, 0.2) is 52.9 Å². The minimum Gasteiger partial charge on any atom is -0.491 e. The van der Waals surface area contributed by atoms with Crippen LogP contribution in [-0.2, 0) is 0 Å². The largest absolute Gasteiger partial charge is 0.491 e. The predicted octanol–water partition coefficient (Wildman–Crippen LogP) is 4.81. The van der Waals surface area contributed by atoms with E-state index in [-0.39, 0.29) is 18.6 Å². The first-order valence-corrected chi connectivity index (χ1v) is 11.5. The number of hydrogen-bond donors (Lipinski definition) is 3. The summed E-state index contributed by atoms with van der Waals surface area (Å²) >= 11 is 11.9. The Morgan fingerprint density at radius 2 is 1.72 bits per heavy atom. The molecule has 1 saturated carbocycles. The van der Waals surface area contributed by atoms with Crippen LogP contribution in [0.4, 0.5) is 0 Å². The van der Waals surface area contributed by atoms with Gasteiger partial charge in [0.05, 0.1) is 0 Å². The number of furan rings is 1. The molecule has 0 saturated heterocycles. The molecule has 8 heteroatoms. The van der Waals surface area contributed by atoms with Gasteiger partial charge in [0.15, 0.2) is 5.76 Å². The van der Waals surface area contributed by atoms with Gasteiger partial charge in [-0.05, 0) is 74.2 Å². The zero-order valence-corrected chi connectivity index (χ0v) is 19.0. The lowest BCUT2D eigenvalue weighted by Gasteiger charge is -2.30. The second-order valence-corrected chi connectivity index (χ2v) is 9.01. The van der Waals surface area contributed by atoms with Crippen molar-refractivity contribution in [2.75, 3.05) is 13.2 Å². The zero-order valence-electron chi connectivity index (χ0n) is 17.5. The topological polar surface area (TPSA) is 83.7 Å². The third kappa shape index (κ3) is 6.17. The van der Waals surface area contributed by atoms with Gasteiger partial charge in [-0.2, -0.15) is 0 Å². The molecule has 0 bridgehead atoms. The molecule has 1 aromatic heterocycles. The normalized spacial score (nSPS) is 19.6. The van der Waals surface area contributed by atoms with E-state index in [2.05, 4.69) is 10.6 Å². The average Bonchev–Trinajstić information content (AvgIpc) is 3.21. The minimum atomic E-state index is -0.607. The quantitative estimate of drug-likeness (QED) is 0.434. The Bertz CT molecular complexity index is 1050. The molecular weight excluding hydrogens is 451 g/mol. The molecule has 1 aliphatic rings. The number of nitrogens with one attached hydrogen (secondary N) is 2. The standard InChI is InChI=1S/C24H26Cl2N2O4/c25-16-1-8-21(9-2-16)31-14-20(29)13-27-18-4-6-19(7-5-18)28-24(30)23-12-15-11-17(26)3-10-22(15)32-23/h1-3,8-12,18-20,27,29H,4-7,13-14H2,(H,28,30)/t18?,19?,20-/m1/s1. The molecule has 1 aliphatic carbocycles. The van der Waals surface area contributed by atoms with E-state index in [1.54, 1.807) is 48.5 Å². The summed E-state index contributed by atoms with van der Waals surface area (Å²) in [5.74, 6) is 0.770. The lowest BCUT2D eigenvalue weighted by molar-refractivity contribution is 0.0891. The van der Waals surface area contributed by atoms with Crippen LogP contribution in [0.25, 0.3) is 11.0 Å². The average molecular weight is 477 g/mol.